The van der Waals surface area contributed by atoms with Crippen LogP contribution in [-0.2, 0) is 14.3 Å². The van der Waals surface area contributed by atoms with Gasteiger partial charge in [0.05, 0.1) is 0 Å². The number of esters is 1. The summed E-state index contributed by atoms with van der Waals surface area (Å²) in [6.07, 6.45) is -6.69. The predicted octanol–water partition coefficient (Wildman–Crippen LogP) is -2.37. The summed E-state index contributed by atoms with van der Waals surface area (Å²) >= 11 is 0. The first-order chi connectivity index (χ1) is 11.3. The third-order valence-corrected chi connectivity index (χ3v) is 3.40. The zero-order chi connectivity index (χ0) is 17.9. The van der Waals surface area contributed by atoms with Crippen molar-refractivity contribution in [3.63, 3.8) is 0 Å². The van der Waals surface area contributed by atoms with Gasteiger partial charge in [0.25, 0.3) is 0 Å². The molecule has 0 aromatic carbocycles. The zero-order valence-electron chi connectivity index (χ0n) is 12.3. The van der Waals surface area contributed by atoms with Crippen LogP contribution in [0.1, 0.15) is 12.6 Å². The van der Waals surface area contributed by atoms with Crippen molar-refractivity contribution in [2.75, 3.05) is 13.2 Å². The number of aromatic nitrogens is 1. The fourth-order valence-electron chi connectivity index (χ4n) is 2.14. The van der Waals surface area contributed by atoms with Crippen molar-refractivity contribution < 1.29 is 39.0 Å². The second-order valence-electron chi connectivity index (χ2n) is 5.11. The molecular weight excluding hydrogens is 332 g/mol. The zero-order valence-corrected chi connectivity index (χ0v) is 12.3. The molecule has 1 aliphatic heterocycles. The molecule has 24 heavy (non-hydrogen) atoms. The molecule has 134 valence electrons. The first kappa shape index (κ1) is 18.1. The van der Waals surface area contributed by atoms with E-state index in [2.05, 4.69) is 0 Å². The molecule has 12 heteroatoms. The number of nitrogens with zero attached hydrogens (tertiary/aromatic N) is 2. The van der Waals surface area contributed by atoms with Crippen molar-refractivity contribution in [3.8, 4) is 0 Å². The number of aliphatic hydroxyl groups is 3. The van der Waals surface area contributed by atoms with Crippen molar-refractivity contribution in [2.45, 2.75) is 37.1 Å². The van der Waals surface area contributed by atoms with Crippen LogP contribution >= 0.6 is 0 Å². The van der Waals surface area contributed by atoms with Gasteiger partial charge in [0.2, 0.25) is 6.54 Å². The molecule has 0 amide bonds. The summed E-state index contributed by atoms with van der Waals surface area (Å²) in [6, 6.07) is 1.06. The van der Waals surface area contributed by atoms with Gasteiger partial charge in [-0.2, -0.15) is 4.74 Å². The standard InChI is InChI=1S/C12H16N2O10/c15-7(2-4-14(20)21)22-5-6-9(17)10(18)11(19)12(23-6)13-3-1-8(16)24-13/h1,3,6,9-12,17-19H,2,4-5H2/t6-,9-,10+,11-,12-/m1/s1. The van der Waals surface area contributed by atoms with Crippen LogP contribution in [-0.4, -0.2) is 68.5 Å². The van der Waals surface area contributed by atoms with Crippen molar-refractivity contribution in [2.24, 2.45) is 0 Å². The van der Waals surface area contributed by atoms with Crippen LogP contribution in [0.5, 0.6) is 0 Å². The van der Waals surface area contributed by atoms with E-state index in [-0.39, 0.29) is 0 Å². The monoisotopic (exact) mass is 348 g/mol. The average Bonchev–Trinajstić information content (AvgIpc) is 2.96. The topological polar surface area (TPSA) is 174 Å². The van der Waals surface area contributed by atoms with Crippen LogP contribution in [0.25, 0.3) is 0 Å². The quantitative estimate of drug-likeness (QED) is 0.286. The van der Waals surface area contributed by atoms with Crippen molar-refractivity contribution in [1.29, 1.82) is 0 Å². The van der Waals surface area contributed by atoms with Crippen LogP contribution in [0.2, 0.25) is 0 Å². The Kier molecular flexibility index (Phi) is 5.66. The van der Waals surface area contributed by atoms with Crippen LogP contribution in [0.15, 0.2) is 21.6 Å². The first-order valence-electron chi connectivity index (χ1n) is 6.95. The van der Waals surface area contributed by atoms with Gasteiger partial charge in [0, 0.05) is 17.2 Å². The Morgan fingerprint density at radius 3 is 2.62 bits per heavy atom. The SMILES string of the molecule is O=C(CC[N+](=O)[O-])OC[C@H]1O[C@@H](n2ccc(=O)o2)[C@H](O)[C@@H](O)[C@@H]1O. The number of ether oxygens (including phenoxy) is 2. The van der Waals surface area contributed by atoms with Gasteiger partial charge in [0.15, 0.2) is 6.23 Å². The number of carbonyl (C=O) groups excluding carboxylic acids is 1. The van der Waals surface area contributed by atoms with E-state index < -0.39 is 66.7 Å². The Hall–Kier alpha value is -2.28. The van der Waals surface area contributed by atoms with Crippen LogP contribution in [0.3, 0.4) is 0 Å². The molecule has 0 radical (unpaired) electrons. The van der Waals surface area contributed by atoms with Gasteiger partial charge in [-0.1, -0.05) is 0 Å². The lowest BCUT2D eigenvalue weighted by atomic mass is 9.98. The molecule has 0 saturated carbocycles. The number of hydrogen-bond acceptors (Lipinski definition) is 10. The minimum atomic E-state index is -1.65. The largest absolute Gasteiger partial charge is 0.463 e. The van der Waals surface area contributed by atoms with E-state index in [4.69, 9.17) is 14.0 Å². The lowest BCUT2D eigenvalue weighted by Crippen LogP contribution is -2.56. The Labute approximate surface area is 133 Å². The van der Waals surface area contributed by atoms with Gasteiger partial charge in [-0.25, -0.2) is 4.79 Å². The number of nitro groups is 1. The summed E-state index contributed by atoms with van der Waals surface area (Å²) in [5.41, 5.74) is -0.714. The molecule has 1 aromatic rings. The summed E-state index contributed by atoms with van der Waals surface area (Å²) < 4.78 is 15.6. The predicted molar refractivity (Wildman–Crippen MR) is 72.3 cm³/mol. The van der Waals surface area contributed by atoms with Gasteiger partial charge in [-0.3, -0.25) is 14.9 Å². The maximum Gasteiger partial charge on any atom is 0.357 e. The number of aliphatic hydroxyl groups excluding tert-OH is 3. The molecule has 1 fully saturated rings. The van der Waals surface area contributed by atoms with Crippen molar-refractivity contribution >= 4 is 5.97 Å². The van der Waals surface area contributed by atoms with E-state index in [9.17, 15) is 35.0 Å². The summed E-state index contributed by atoms with van der Waals surface area (Å²) in [5, 5.41) is 39.8. The summed E-state index contributed by atoms with van der Waals surface area (Å²) in [4.78, 5) is 31.9. The number of carbonyl (C=O) groups is 1. The Balaban J connectivity index is 1.99. The lowest BCUT2D eigenvalue weighted by molar-refractivity contribution is -0.479. The third-order valence-electron chi connectivity index (χ3n) is 3.40. The molecule has 1 aromatic heterocycles. The van der Waals surface area contributed by atoms with E-state index in [0.717, 1.165) is 10.8 Å². The molecule has 3 N–H and O–H groups in total. The second kappa shape index (κ2) is 7.53. The van der Waals surface area contributed by atoms with E-state index in [1.807, 2.05) is 0 Å². The smallest absolute Gasteiger partial charge is 0.357 e. The van der Waals surface area contributed by atoms with E-state index >= 15 is 0 Å². The molecule has 2 heterocycles. The molecular formula is C12H16N2O10. The molecule has 5 atom stereocenters. The van der Waals surface area contributed by atoms with E-state index in [1.165, 1.54) is 6.20 Å². The molecule has 0 bridgehead atoms. The van der Waals surface area contributed by atoms with E-state index in [0.29, 0.717) is 0 Å². The van der Waals surface area contributed by atoms with Crippen LogP contribution < -0.4 is 5.63 Å². The van der Waals surface area contributed by atoms with Gasteiger partial charge in [0.1, 0.15) is 37.4 Å². The summed E-state index contributed by atoms with van der Waals surface area (Å²) in [7, 11) is 0. The minimum absolute atomic E-state index is 0.461. The van der Waals surface area contributed by atoms with Crippen molar-refractivity contribution in [3.05, 3.63) is 32.8 Å². The van der Waals surface area contributed by atoms with Crippen LogP contribution in [0.4, 0.5) is 0 Å². The fourth-order valence-corrected chi connectivity index (χ4v) is 2.14. The highest BCUT2D eigenvalue weighted by atomic mass is 16.6. The summed E-state index contributed by atoms with van der Waals surface area (Å²) in [5.74, 6) is -0.882. The normalized spacial score (nSPS) is 30.0. The number of hydrogen-bond donors (Lipinski definition) is 3. The van der Waals surface area contributed by atoms with Gasteiger partial charge >= 0.3 is 11.6 Å². The van der Waals surface area contributed by atoms with Gasteiger partial charge in [-0.05, 0) is 0 Å². The molecule has 0 aliphatic carbocycles. The van der Waals surface area contributed by atoms with E-state index in [1.54, 1.807) is 0 Å². The molecule has 0 spiro atoms. The highest BCUT2D eigenvalue weighted by Crippen LogP contribution is 2.28. The van der Waals surface area contributed by atoms with Gasteiger partial charge in [-0.15, -0.1) is 0 Å². The maximum absolute atomic E-state index is 11.4. The molecule has 12 nitrogen and oxygen atoms in total. The lowest BCUT2D eigenvalue weighted by Gasteiger charge is -2.39. The fraction of sp³-hybridized carbons (Fsp3) is 0.667. The minimum Gasteiger partial charge on any atom is -0.463 e. The first-order valence-corrected chi connectivity index (χ1v) is 6.95. The highest BCUT2D eigenvalue weighted by molar-refractivity contribution is 5.69. The number of rotatable bonds is 6. The molecule has 1 aliphatic rings. The molecule has 1 saturated heterocycles. The van der Waals surface area contributed by atoms with Crippen LogP contribution in [0, 0.1) is 10.1 Å². The Morgan fingerprint density at radius 1 is 1.33 bits per heavy atom. The molecule has 2 rings (SSSR count). The molecule has 0 unspecified atom stereocenters. The second-order valence-corrected chi connectivity index (χ2v) is 5.11. The Bertz CT molecular complexity index is 640. The average molecular weight is 348 g/mol. The van der Waals surface area contributed by atoms with Crippen molar-refractivity contribution in [1.82, 2.24) is 4.74 Å². The maximum atomic E-state index is 11.4. The third kappa shape index (κ3) is 4.17. The Morgan fingerprint density at radius 2 is 2.04 bits per heavy atom. The highest BCUT2D eigenvalue weighted by Gasteiger charge is 2.45. The van der Waals surface area contributed by atoms with Gasteiger partial charge < -0.3 is 29.3 Å². The summed E-state index contributed by atoms with van der Waals surface area (Å²) in [6.45, 7) is -1.12.